The van der Waals surface area contributed by atoms with Crippen molar-refractivity contribution in [3.05, 3.63) is 40.9 Å². The number of thioether (sulfide) groups is 1. The lowest BCUT2D eigenvalue weighted by atomic mass is 10.2. The molecule has 0 radical (unpaired) electrons. The van der Waals surface area contributed by atoms with E-state index in [4.69, 9.17) is 4.74 Å². The highest BCUT2D eigenvalue weighted by molar-refractivity contribution is 8.01. The lowest BCUT2D eigenvalue weighted by molar-refractivity contribution is -0.142. The van der Waals surface area contributed by atoms with E-state index in [9.17, 15) is 14.4 Å². The zero-order valence-corrected chi connectivity index (χ0v) is 16.0. The van der Waals surface area contributed by atoms with Gasteiger partial charge in [0.1, 0.15) is 0 Å². The largest absolute Gasteiger partial charge is 0.466 e. The maximum Gasteiger partial charge on any atom is 0.311 e. The zero-order valence-electron chi connectivity index (χ0n) is 14.4. The van der Waals surface area contributed by atoms with E-state index in [1.165, 1.54) is 23.1 Å². The van der Waals surface area contributed by atoms with Crippen molar-refractivity contribution in [2.24, 2.45) is 0 Å². The Morgan fingerprint density at radius 1 is 1.31 bits per heavy atom. The van der Waals surface area contributed by atoms with Gasteiger partial charge in [0.2, 0.25) is 5.91 Å². The lowest BCUT2D eigenvalue weighted by Crippen LogP contribution is -2.18. The topological polar surface area (TPSA) is 97.4 Å². The number of ether oxygens (including phenoxy) is 1. The number of carbonyl (C=O) groups excluding carboxylic acids is 3. The summed E-state index contributed by atoms with van der Waals surface area (Å²) in [5, 5.41) is 7.07. The van der Waals surface area contributed by atoms with Gasteiger partial charge in [0.25, 0.3) is 5.91 Å². The first-order valence-electron chi connectivity index (χ1n) is 7.86. The van der Waals surface area contributed by atoms with E-state index < -0.39 is 0 Å². The fourth-order valence-corrected chi connectivity index (χ4v) is 3.65. The van der Waals surface area contributed by atoms with E-state index in [1.54, 1.807) is 43.6 Å². The molecule has 0 unspecified atom stereocenters. The summed E-state index contributed by atoms with van der Waals surface area (Å²) in [6, 6.07) is 6.71. The van der Waals surface area contributed by atoms with E-state index in [2.05, 4.69) is 15.6 Å². The fourth-order valence-electron chi connectivity index (χ4n) is 2.00. The number of amides is 2. The number of aromatic nitrogens is 1. The van der Waals surface area contributed by atoms with Crippen LogP contribution in [0.15, 0.2) is 34.0 Å². The molecule has 0 atom stereocenters. The van der Waals surface area contributed by atoms with Crippen LogP contribution in [0.5, 0.6) is 0 Å². The van der Waals surface area contributed by atoms with Crippen molar-refractivity contribution in [1.29, 1.82) is 0 Å². The quantitative estimate of drug-likeness (QED) is 0.528. The second kappa shape index (κ2) is 9.93. The number of nitrogens with zero attached hydrogens (tertiary/aromatic N) is 1. The molecule has 0 aliphatic carbocycles. The molecule has 9 heteroatoms. The summed E-state index contributed by atoms with van der Waals surface area (Å²) in [4.78, 5) is 39.4. The van der Waals surface area contributed by atoms with Gasteiger partial charge in [0.05, 0.1) is 24.5 Å². The Hall–Kier alpha value is -2.39. The number of anilines is 1. The molecule has 0 saturated carbocycles. The minimum absolute atomic E-state index is 0.128. The summed E-state index contributed by atoms with van der Waals surface area (Å²) in [7, 11) is 1.55. The van der Waals surface area contributed by atoms with Crippen molar-refractivity contribution in [1.82, 2.24) is 10.3 Å². The molecule has 2 rings (SSSR count). The Morgan fingerprint density at radius 3 is 2.85 bits per heavy atom. The Labute approximate surface area is 159 Å². The van der Waals surface area contributed by atoms with Gasteiger partial charge in [-0.05, 0) is 25.1 Å². The van der Waals surface area contributed by atoms with E-state index in [0.717, 1.165) is 0 Å². The molecule has 0 spiro atoms. The van der Waals surface area contributed by atoms with Crippen molar-refractivity contribution in [3.63, 3.8) is 0 Å². The van der Waals surface area contributed by atoms with Crippen molar-refractivity contribution >= 4 is 46.6 Å². The third kappa shape index (κ3) is 6.16. The molecule has 1 aromatic carbocycles. The van der Waals surface area contributed by atoms with E-state index in [0.29, 0.717) is 27.9 Å². The molecule has 0 bridgehead atoms. The van der Waals surface area contributed by atoms with Crippen molar-refractivity contribution in [2.45, 2.75) is 17.7 Å². The normalized spacial score (nSPS) is 10.2. The van der Waals surface area contributed by atoms with Crippen LogP contribution in [0, 0.1) is 0 Å². The monoisotopic (exact) mass is 393 g/mol. The van der Waals surface area contributed by atoms with Crippen LogP contribution < -0.4 is 10.6 Å². The average Bonchev–Trinajstić information content (AvgIpc) is 3.07. The fraction of sp³-hybridized carbons (Fsp3) is 0.294. The third-order valence-corrected chi connectivity index (χ3v) is 5.19. The number of esters is 1. The number of hydrogen-bond acceptors (Lipinski definition) is 7. The highest BCUT2D eigenvalue weighted by atomic mass is 32.2. The highest BCUT2D eigenvalue weighted by Crippen LogP contribution is 2.23. The highest BCUT2D eigenvalue weighted by Gasteiger charge is 2.11. The first-order valence-corrected chi connectivity index (χ1v) is 9.73. The summed E-state index contributed by atoms with van der Waals surface area (Å²) in [6.45, 7) is 2.09. The lowest BCUT2D eigenvalue weighted by Gasteiger charge is -2.06. The van der Waals surface area contributed by atoms with Gasteiger partial charge < -0.3 is 15.4 Å². The molecule has 1 aromatic heterocycles. The van der Waals surface area contributed by atoms with Crippen LogP contribution in [0.3, 0.4) is 0 Å². The Balaban J connectivity index is 1.85. The molecule has 7 nitrogen and oxygen atoms in total. The Bertz CT molecular complexity index is 792. The maximum absolute atomic E-state index is 12.1. The maximum atomic E-state index is 12.1. The van der Waals surface area contributed by atoms with Crippen LogP contribution in [0.4, 0.5) is 5.69 Å². The predicted octanol–water partition coefficient (Wildman–Crippen LogP) is 2.34. The average molecular weight is 393 g/mol. The molecule has 2 N–H and O–H groups in total. The van der Waals surface area contributed by atoms with Gasteiger partial charge in [-0.15, -0.1) is 11.3 Å². The molecular weight excluding hydrogens is 374 g/mol. The summed E-state index contributed by atoms with van der Waals surface area (Å²) in [6.07, 6.45) is 0.128. The Kier molecular flexibility index (Phi) is 7.61. The van der Waals surface area contributed by atoms with E-state index in [1.807, 2.05) is 0 Å². The molecule has 2 aromatic rings. The summed E-state index contributed by atoms with van der Waals surface area (Å²) >= 11 is 2.67. The number of benzene rings is 1. The molecule has 1 heterocycles. The van der Waals surface area contributed by atoms with Crippen LogP contribution in [0.1, 0.15) is 23.0 Å². The van der Waals surface area contributed by atoms with Gasteiger partial charge in [0.15, 0.2) is 4.34 Å². The van der Waals surface area contributed by atoms with Gasteiger partial charge >= 0.3 is 5.97 Å². The molecule has 0 fully saturated rings. The van der Waals surface area contributed by atoms with Crippen molar-refractivity contribution in [3.8, 4) is 0 Å². The first-order chi connectivity index (χ1) is 12.5. The van der Waals surface area contributed by atoms with Crippen molar-refractivity contribution in [2.75, 3.05) is 24.7 Å². The standard InChI is InChI=1S/C17H19N3O4S2/c1-3-24-15(22)8-13-9-25-17(20-13)26-10-14(21)19-12-6-4-5-11(7-12)16(23)18-2/h4-7,9H,3,8,10H2,1-2H3,(H,18,23)(H,19,21). The first kappa shape index (κ1) is 19.9. The van der Waals surface area contributed by atoms with Crippen LogP contribution in [0.25, 0.3) is 0 Å². The second-order valence-corrected chi connectivity index (χ2v) is 7.16. The summed E-state index contributed by atoms with van der Waals surface area (Å²) in [5.74, 6) is -0.557. The molecule has 0 aliphatic heterocycles. The summed E-state index contributed by atoms with van der Waals surface area (Å²) in [5.41, 5.74) is 1.66. The van der Waals surface area contributed by atoms with Gasteiger partial charge in [-0.2, -0.15) is 0 Å². The van der Waals surface area contributed by atoms with E-state index >= 15 is 0 Å². The van der Waals surface area contributed by atoms with E-state index in [-0.39, 0.29) is 30.0 Å². The summed E-state index contributed by atoms with van der Waals surface area (Å²) < 4.78 is 5.59. The van der Waals surface area contributed by atoms with Gasteiger partial charge in [-0.3, -0.25) is 14.4 Å². The predicted molar refractivity (Wildman–Crippen MR) is 102 cm³/mol. The zero-order chi connectivity index (χ0) is 18.9. The number of rotatable bonds is 8. The van der Waals surface area contributed by atoms with Crippen LogP contribution in [-0.2, 0) is 20.7 Å². The molecule has 2 amide bonds. The minimum Gasteiger partial charge on any atom is -0.466 e. The van der Waals surface area contributed by atoms with Crippen LogP contribution >= 0.6 is 23.1 Å². The molecule has 26 heavy (non-hydrogen) atoms. The number of thiazole rings is 1. The number of nitrogens with one attached hydrogen (secondary N) is 2. The Morgan fingerprint density at radius 2 is 2.12 bits per heavy atom. The molecule has 0 saturated heterocycles. The molecule has 138 valence electrons. The van der Waals surface area contributed by atoms with Gasteiger partial charge in [-0.1, -0.05) is 17.8 Å². The third-order valence-electron chi connectivity index (χ3n) is 3.12. The minimum atomic E-state index is -0.317. The van der Waals surface area contributed by atoms with Crippen molar-refractivity contribution < 1.29 is 19.1 Å². The molecule has 0 aliphatic rings. The SMILES string of the molecule is CCOC(=O)Cc1csc(SCC(=O)Nc2cccc(C(=O)NC)c2)n1. The second-order valence-electron chi connectivity index (χ2n) is 5.08. The van der Waals surface area contributed by atoms with Crippen LogP contribution in [0.2, 0.25) is 0 Å². The van der Waals surface area contributed by atoms with Crippen LogP contribution in [-0.4, -0.2) is 42.2 Å². The van der Waals surface area contributed by atoms with Gasteiger partial charge in [0, 0.05) is 23.7 Å². The number of hydrogen-bond donors (Lipinski definition) is 2. The smallest absolute Gasteiger partial charge is 0.311 e. The number of carbonyl (C=O) groups is 3. The molecular formula is C17H19N3O4S2. The van der Waals surface area contributed by atoms with Gasteiger partial charge in [-0.25, -0.2) is 4.98 Å².